The molecule has 0 aliphatic carbocycles. The van der Waals surface area contributed by atoms with E-state index in [0.29, 0.717) is 5.92 Å². The van der Waals surface area contributed by atoms with Crippen molar-refractivity contribution in [3.8, 4) is 0 Å². The fourth-order valence-electron chi connectivity index (χ4n) is 2.81. The van der Waals surface area contributed by atoms with Gasteiger partial charge in [-0.25, -0.2) is 0 Å². The van der Waals surface area contributed by atoms with Crippen molar-refractivity contribution in [1.29, 1.82) is 0 Å². The van der Waals surface area contributed by atoms with Crippen LogP contribution < -0.4 is 5.32 Å². The summed E-state index contributed by atoms with van der Waals surface area (Å²) in [4.78, 5) is 14.4. The third-order valence-electron chi connectivity index (χ3n) is 4.25. The second-order valence-electron chi connectivity index (χ2n) is 5.65. The van der Waals surface area contributed by atoms with Crippen molar-refractivity contribution in [3.63, 3.8) is 0 Å². The molecule has 0 saturated carbocycles. The maximum absolute atomic E-state index is 12.5. The average Bonchev–Trinajstić information content (AvgIpc) is 2.46. The van der Waals surface area contributed by atoms with Crippen LogP contribution in [0.15, 0.2) is 18.2 Å². The summed E-state index contributed by atoms with van der Waals surface area (Å²) < 4.78 is 0. The minimum absolute atomic E-state index is 0.106. The van der Waals surface area contributed by atoms with Crippen LogP contribution in [0.25, 0.3) is 0 Å². The summed E-state index contributed by atoms with van der Waals surface area (Å²) >= 11 is 0. The first-order chi connectivity index (χ1) is 9.52. The number of nitrogens with one attached hydrogen (secondary N) is 1. The molecule has 0 radical (unpaired) electrons. The van der Waals surface area contributed by atoms with Gasteiger partial charge in [0.2, 0.25) is 0 Å². The molecule has 1 aromatic rings. The molecule has 1 aliphatic rings. The third-order valence-corrected chi connectivity index (χ3v) is 4.25. The summed E-state index contributed by atoms with van der Waals surface area (Å²) in [5.41, 5.74) is 2.80. The largest absolute Gasteiger partial charge is 0.393 e. The smallest absolute Gasteiger partial charge is 0.254 e. The maximum Gasteiger partial charge on any atom is 0.254 e. The molecule has 2 rings (SSSR count). The van der Waals surface area contributed by atoms with Gasteiger partial charge in [-0.2, -0.15) is 0 Å². The van der Waals surface area contributed by atoms with Crippen LogP contribution >= 0.6 is 0 Å². The number of benzene rings is 1. The number of anilines is 1. The first-order valence-corrected chi connectivity index (χ1v) is 7.28. The fraction of sp³-hybridized carbons (Fsp3) is 0.562. The lowest BCUT2D eigenvalue weighted by Gasteiger charge is -2.33. The Labute approximate surface area is 120 Å². The highest BCUT2D eigenvalue weighted by Crippen LogP contribution is 2.23. The molecule has 2 N–H and O–H groups in total. The van der Waals surface area contributed by atoms with Gasteiger partial charge in [0.25, 0.3) is 5.91 Å². The predicted molar refractivity (Wildman–Crippen MR) is 81.0 cm³/mol. The zero-order valence-corrected chi connectivity index (χ0v) is 12.5. The number of hydrogen-bond acceptors (Lipinski definition) is 3. The first kappa shape index (κ1) is 14.9. The van der Waals surface area contributed by atoms with Crippen LogP contribution in [0.1, 0.15) is 35.7 Å². The zero-order valence-electron chi connectivity index (χ0n) is 12.5. The quantitative estimate of drug-likeness (QED) is 0.890. The molecule has 1 aromatic carbocycles. The van der Waals surface area contributed by atoms with Crippen molar-refractivity contribution in [2.45, 2.75) is 32.8 Å². The molecule has 4 nitrogen and oxygen atoms in total. The molecule has 1 aliphatic heterocycles. The number of carbonyl (C=O) groups excluding carboxylic acids is 1. The molecule has 1 saturated heterocycles. The number of piperidine rings is 1. The van der Waals surface area contributed by atoms with E-state index in [0.717, 1.165) is 42.7 Å². The number of aliphatic hydroxyl groups excluding tert-OH is 1. The topological polar surface area (TPSA) is 52.6 Å². The molecule has 110 valence electrons. The Kier molecular flexibility index (Phi) is 4.65. The highest BCUT2D eigenvalue weighted by atomic mass is 16.3. The fourth-order valence-corrected chi connectivity index (χ4v) is 2.81. The second-order valence-corrected chi connectivity index (χ2v) is 5.65. The number of aryl methyl sites for hydroxylation is 1. The number of rotatable bonds is 3. The normalized spacial score (nSPS) is 17.9. The van der Waals surface area contributed by atoms with Crippen molar-refractivity contribution in [3.05, 3.63) is 29.3 Å². The van der Waals surface area contributed by atoms with Gasteiger partial charge in [0.05, 0.1) is 6.10 Å². The van der Waals surface area contributed by atoms with E-state index in [2.05, 4.69) is 5.32 Å². The lowest BCUT2D eigenvalue weighted by atomic mass is 9.91. The van der Waals surface area contributed by atoms with E-state index in [1.807, 2.05) is 44.0 Å². The standard InChI is InChI=1S/C16H24N2O2/c1-11-10-14(17-3)4-5-15(11)16(20)18-8-6-13(7-9-18)12(2)19/h4-5,10,12-13,17,19H,6-9H2,1-3H3. The SMILES string of the molecule is CNc1ccc(C(=O)N2CCC(C(C)O)CC2)c(C)c1. The Bertz CT molecular complexity index is 477. The van der Waals surface area contributed by atoms with Crippen LogP contribution in [0.4, 0.5) is 5.69 Å². The Balaban J connectivity index is 2.05. The molecule has 1 heterocycles. The molecule has 0 bridgehead atoms. The summed E-state index contributed by atoms with van der Waals surface area (Å²) in [7, 11) is 1.87. The van der Waals surface area contributed by atoms with Crippen molar-refractivity contribution >= 4 is 11.6 Å². The molecule has 0 spiro atoms. The molecular formula is C16H24N2O2. The van der Waals surface area contributed by atoms with E-state index in [1.165, 1.54) is 0 Å². The van der Waals surface area contributed by atoms with Crippen LogP contribution in [-0.4, -0.2) is 42.2 Å². The maximum atomic E-state index is 12.5. The highest BCUT2D eigenvalue weighted by Gasteiger charge is 2.26. The van der Waals surface area contributed by atoms with Gasteiger partial charge >= 0.3 is 0 Å². The molecule has 1 amide bonds. The summed E-state index contributed by atoms with van der Waals surface area (Å²) in [6, 6.07) is 5.82. The molecule has 1 unspecified atom stereocenters. The van der Waals surface area contributed by atoms with E-state index >= 15 is 0 Å². The lowest BCUT2D eigenvalue weighted by Crippen LogP contribution is -2.40. The first-order valence-electron chi connectivity index (χ1n) is 7.28. The third kappa shape index (κ3) is 3.12. The van der Waals surface area contributed by atoms with Crippen LogP contribution in [-0.2, 0) is 0 Å². The number of carbonyl (C=O) groups is 1. The van der Waals surface area contributed by atoms with Crippen molar-refractivity contribution in [1.82, 2.24) is 4.90 Å². The highest BCUT2D eigenvalue weighted by molar-refractivity contribution is 5.96. The minimum atomic E-state index is -0.274. The number of aliphatic hydroxyl groups is 1. The van der Waals surface area contributed by atoms with Crippen LogP contribution in [0, 0.1) is 12.8 Å². The summed E-state index contributed by atoms with van der Waals surface area (Å²) in [5, 5.41) is 12.7. The van der Waals surface area contributed by atoms with E-state index < -0.39 is 0 Å². The van der Waals surface area contributed by atoms with Crippen LogP contribution in [0.2, 0.25) is 0 Å². The Morgan fingerprint density at radius 3 is 2.55 bits per heavy atom. The Morgan fingerprint density at radius 2 is 2.05 bits per heavy atom. The Hall–Kier alpha value is -1.55. The summed E-state index contributed by atoms with van der Waals surface area (Å²) in [6.45, 7) is 5.28. The average molecular weight is 276 g/mol. The monoisotopic (exact) mass is 276 g/mol. The number of likely N-dealkylation sites (tertiary alicyclic amines) is 1. The van der Waals surface area contributed by atoms with E-state index in [1.54, 1.807) is 0 Å². The van der Waals surface area contributed by atoms with Crippen molar-refractivity contribution in [2.75, 3.05) is 25.5 Å². The zero-order chi connectivity index (χ0) is 14.7. The molecule has 1 atom stereocenters. The van der Waals surface area contributed by atoms with E-state index in [4.69, 9.17) is 0 Å². The summed E-state index contributed by atoms with van der Waals surface area (Å²) in [6.07, 6.45) is 1.50. The summed E-state index contributed by atoms with van der Waals surface area (Å²) in [5.74, 6) is 0.431. The number of nitrogens with zero attached hydrogens (tertiary/aromatic N) is 1. The second kappa shape index (κ2) is 6.27. The van der Waals surface area contributed by atoms with Gasteiger partial charge in [-0.1, -0.05) is 0 Å². The van der Waals surface area contributed by atoms with Gasteiger partial charge in [0.15, 0.2) is 0 Å². The number of amides is 1. The molecule has 1 fully saturated rings. The van der Waals surface area contributed by atoms with Gasteiger partial charge in [-0.3, -0.25) is 4.79 Å². The lowest BCUT2D eigenvalue weighted by molar-refractivity contribution is 0.0521. The van der Waals surface area contributed by atoms with Crippen molar-refractivity contribution in [2.24, 2.45) is 5.92 Å². The van der Waals surface area contributed by atoms with Crippen LogP contribution in [0.5, 0.6) is 0 Å². The number of hydrogen-bond donors (Lipinski definition) is 2. The molecular weight excluding hydrogens is 252 g/mol. The molecule has 0 aromatic heterocycles. The molecule has 20 heavy (non-hydrogen) atoms. The predicted octanol–water partition coefficient (Wildman–Crippen LogP) is 2.27. The van der Waals surface area contributed by atoms with E-state index in [9.17, 15) is 9.90 Å². The van der Waals surface area contributed by atoms with Gasteiger partial charge in [0.1, 0.15) is 0 Å². The van der Waals surface area contributed by atoms with Gasteiger partial charge < -0.3 is 15.3 Å². The van der Waals surface area contributed by atoms with E-state index in [-0.39, 0.29) is 12.0 Å². The van der Waals surface area contributed by atoms with Crippen molar-refractivity contribution < 1.29 is 9.90 Å². The molecule has 4 heteroatoms. The Morgan fingerprint density at radius 1 is 1.40 bits per heavy atom. The van der Waals surface area contributed by atoms with Gasteiger partial charge in [-0.15, -0.1) is 0 Å². The van der Waals surface area contributed by atoms with Gasteiger partial charge in [-0.05, 0) is 56.4 Å². The van der Waals surface area contributed by atoms with Gasteiger partial charge in [0, 0.05) is 31.4 Å². The minimum Gasteiger partial charge on any atom is -0.393 e. The van der Waals surface area contributed by atoms with Crippen LogP contribution in [0.3, 0.4) is 0 Å².